The van der Waals surface area contributed by atoms with E-state index >= 15 is 0 Å². The molecule has 3 N–H and O–H groups in total. The number of aromatic hydroxyl groups is 1. The molecule has 0 unspecified atom stereocenters. The van der Waals surface area contributed by atoms with Gasteiger partial charge in [-0.15, -0.1) is 0 Å². The van der Waals surface area contributed by atoms with E-state index in [2.05, 4.69) is 0 Å². The molecule has 0 aliphatic carbocycles. The Labute approximate surface area is 135 Å². The highest BCUT2D eigenvalue weighted by Gasteiger charge is 2.26. The molecule has 0 saturated heterocycles. The Morgan fingerprint density at radius 1 is 1.35 bits per heavy atom. The van der Waals surface area contributed by atoms with E-state index in [1.54, 1.807) is 6.92 Å². The van der Waals surface area contributed by atoms with Crippen LogP contribution in [-0.2, 0) is 15.1 Å². The molecule has 2 atom stereocenters. The lowest BCUT2D eigenvalue weighted by atomic mass is 9.88. The molecule has 0 aromatic heterocycles. The van der Waals surface area contributed by atoms with Crippen molar-refractivity contribution in [3.63, 3.8) is 0 Å². The summed E-state index contributed by atoms with van der Waals surface area (Å²) in [6.07, 6.45) is 1.84. The molecule has 0 radical (unpaired) electrons. The van der Waals surface area contributed by atoms with Crippen LogP contribution < -0.4 is 0 Å². The average Bonchev–Trinajstić information content (AvgIpc) is 2.44. The number of aromatic carboxylic acids is 1. The van der Waals surface area contributed by atoms with E-state index in [9.17, 15) is 19.8 Å². The fraction of sp³-hybridized carbons (Fsp3) is 0.529. The number of ether oxygens (including phenoxy) is 1. The van der Waals surface area contributed by atoms with Gasteiger partial charge in [-0.05, 0) is 44.2 Å². The van der Waals surface area contributed by atoms with Crippen LogP contribution in [0.3, 0.4) is 0 Å². The Morgan fingerprint density at radius 2 is 2.00 bits per heavy atom. The molecule has 0 aliphatic rings. The third-order valence-corrected chi connectivity index (χ3v) is 3.76. The number of aliphatic hydroxyl groups is 1. The fourth-order valence-corrected chi connectivity index (χ4v) is 2.39. The smallest absolute Gasteiger partial charge is 0.335 e. The number of hydrogen-bond acceptors (Lipinski definition) is 5. The van der Waals surface area contributed by atoms with Crippen LogP contribution in [0.25, 0.3) is 0 Å². The first-order valence-corrected chi connectivity index (χ1v) is 7.56. The molecule has 0 fully saturated rings. The van der Waals surface area contributed by atoms with Gasteiger partial charge in [0.25, 0.3) is 0 Å². The van der Waals surface area contributed by atoms with Gasteiger partial charge >= 0.3 is 11.9 Å². The molecule has 0 saturated carbocycles. The third-order valence-electron chi connectivity index (χ3n) is 3.76. The molecule has 0 heterocycles. The van der Waals surface area contributed by atoms with Crippen molar-refractivity contribution < 1.29 is 29.6 Å². The van der Waals surface area contributed by atoms with Crippen LogP contribution in [0.5, 0.6) is 5.75 Å². The van der Waals surface area contributed by atoms with Crippen molar-refractivity contribution in [2.24, 2.45) is 5.92 Å². The van der Waals surface area contributed by atoms with Crippen LogP contribution in [0.2, 0.25) is 0 Å². The first kappa shape index (κ1) is 19.0. The first-order valence-electron chi connectivity index (χ1n) is 7.56. The lowest BCUT2D eigenvalue weighted by Crippen LogP contribution is -2.22. The maximum atomic E-state index is 10.9. The van der Waals surface area contributed by atoms with Crippen molar-refractivity contribution in [2.45, 2.75) is 45.6 Å². The highest BCUT2D eigenvalue weighted by Crippen LogP contribution is 2.34. The van der Waals surface area contributed by atoms with Crippen LogP contribution in [0.1, 0.15) is 56.0 Å². The second-order valence-electron chi connectivity index (χ2n) is 6.11. The van der Waals surface area contributed by atoms with Crippen molar-refractivity contribution in [2.75, 3.05) is 6.61 Å². The van der Waals surface area contributed by atoms with E-state index in [-0.39, 0.29) is 23.2 Å². The molecule has 1 rings (SSSR count). The van der Waals surface area contributed by atoms with Crippen molar-refractivity contribution in [1.29, 1.82) is 0 Å². The number of carbonyl (C=O) groups excluding carboxylic acids is 1. The Kier molecular flexibility index (Phi) is 6.57. The Hall–Kier alpha value is -2.08. The number of hydrogen-bond donors (Lipinski definition) is 3. The Morgan fingerprint density at radius 3 is 2.52 bits per heavy atom. The summed E-state index contributed by atoms with van der Waals surface area (Å²) >= 11 is 0. The van der Waals surface area contributed by atoms with Gasteiger partial charge in [-0.2, -0.15) is 0 Å². The van der Waals surface area contributed by atoms with Crippen molar-refractivity contribution in [3.8, 4) is 5.75 Å². The maximum Gasteiger partial charge on any atom is 0.335 e. The van der Waals surface area contributed by atoms with Crippen LogP contribution in [0.15, 0.2) is 18.2 Å². The van der Waals surface area contributed by atoms with E-state index < -0.39 is 11.6 Å². The first-order chi connectivity index (χ1) is 10.6. The van der Waals surface area contributed by atoms with Gasteiger partial charge < -0.3 is 20.1 Å². The molecule has 6 nitrogen and oxygen atoms in total. The number of rotatable bonds is 8. The summed E-state index contributed by atoms with van der Waals surface area (Å²) in [4.78, 5) is 21.6. The zero-order valence-corrected chi connectivity index (χ0v) is 13.7. The van der Waals surface area contributed by atoms with Crippen LogP contribution in [-0.4, -0.2) is 33.9 Å². The minimum Gasteiger partial charge on any atom is -0.508 e. The molecule has 6 heteroatoms. The Balaban J connectivity index is 2.62. The number of phenolic OH excluding ortho intramolecular Hbond substituents is 1. The molecule has 0 amide bonds. The van der Waals surface area contributed by atoms with Gasteiger partial charge in [0, 0.05) is 12.5 Å². The second-order valence-corrected chi connectivity index (χ2v) is 6.11. The SMILES string of the molecule is CC(=O)OC[C@@H](C)CCC[C@@](C)(O)c1ccc(C(=O)O)cc1O. The van der Waals surface area contributed by atoms with Crippen LogP contribution in [0, 0.1) is 5.92 Å². The molecule has 0 spiro atoms. The number of phenols is 1. The third kappa shape index (κ3) is 5.90. The molecule has 128 valence electrons. The molecular weight excluding hydrogens is 300 g/mol. The minimum atomic E-state index is -1.26. The summed E-state index contributed by atoms with van der Waals surface area (Å²) in [5.41, 5.74) is -0.991. The van der Waals surface area contributed by atoms with Crippen molar-refractivity contribution in [1.82, 2.24) is 0 Å². The van der Waals surface area contributed by atoms with E-state index in [1.165, 1.54) is 19.1 Å². The lowest BCUT2D eigenvalue weighted by molar-refractivity contribution is -0.142. The summed E-state index contributed by atoms with van der Waals surface area (Å²) in [5, 5.41) is 29.4. The van der Waals surface area contributed by atoms with Gasteiger partial charge in [0.1, 0.15) is 5.75 Å². The van der Waals surface area contributed by atoms with Crippen molar-refractivity contribution >= 4 is 11.9 Å². The van der Waals surface area contributed by atoms with Crippen LogP contribution in [0.4, 0.5) is 0 Å². The predicted octanol–water partition coefficient (Wildman–Crippen LogP) is 2.67. The minimum absolute atomic E-state index is 0.0305. The summed E-state index contributed by atoms with van der Waals surface area (Å²) in [7, 11) is 0. The van der Waals surface area contributed by atoms with Crippen LogP contribution >= 0.6 is 0 Å². The topological polar surface area (TPSA) is 104 Å². The average molecular weight is 324 g/mol. The number of esters is 1. The largest absolute Gasteiger partial charge is 0.508 e. The highest BCUT2D eigenvalue weighted by atomic mass is 16.5. The highest BCUT2D eigenvalue weighted by molar-refractivity contribution is 5.88. The maximum absolute atomic E-state index is 10.9. The van der Waals surface area contributed by atoms with E-state index in [1.807, 2.05) is 6.92 Å². The van der Waals surface area contributed by atoms with Gasteiger partial charge in [0.2, 0.25) is 0 Å². The van der Waals surface area contributed by atoms with E-state index in [4.69, 9.17) is 9.84 Å². The second kappa shape index (κ2) is 7.97. The standard InChI is InChI=1S/C17H24O6/c1-11(10-23-12(2)18)5-4-8-17(3,22)14-7-6-13(16(20)21)9-15(14)19/h6-7,9,11,19,22H,4-5,8,10H2,1-3H3,(H,20,21)/t11-,17+/m0/s1. The number of carbonyl (C=O) groups is 2. The molecule has 0 aliphatic heterocycles. The molecule has 0 bridgehead atoms. The van der Waals surface area contributed by atoms with Gasteiger partial charge in [-0.3, -0.25) is 4.79 Å². The zero-order chi connectivity index (χ0) is 17.6. The molecular formula is C17H24O6. The zero-order valence-electron chi connectivity index (χ0n) is 13.7. The molecule has 23 heavy (non-hydrogen) atoms. The summed E-state index contributed by atoms with van der Waals surface area (Å²) in [6, 6.07) is 3.92. The van der Waals surface area contributed by atoms with Gasteiger partial charge in [0.15, 0.2) is 0 Å². The normalized spacial score (nSPS) is 14.8. The number of carboxylic acids is 1. The van der Waals surface area contributed by atoms with Gasteiger partial charge in [-0.25, -0.2) is 4.79 Å². The van der Waals surface area contributed by atoms with Gasteiger partial charge in [-0.1, -0.05) is 13.0 Å². The van der Waals surface area contributed by atoms with Crippen molar-refractivity contribution in [3.05, 3.63) is 29.3 Å². The fourth-order valence-electron chi connectivity index (χ4n) is 2.39. The molecule has 1 aromatic rings. The van der Waals surface area contributed by atoms with E-state index in [0.717, 1.165) is 12.5 Å². The lowest BCUT2D eigenvalue weighted by Gasteiger charge is -2.25. The van der Waals surface area contributed by atoms with Gasteiger partial charge in [0.05, 0.1) is 17.8 Å². The quantitative estimate of drug-likeness (QED) is 0.635. The number of carboxylic acid groups (broad SMARTS) is 1. The van der Waals surface area contributed by atoms with E-state index in [0.29, 0.717) is 25.0 Å². The summed E-state index contributed by atoms with van der Waals surface area (Å²) < 4.78 is 4.93. The summed E-state index contributed by atoms with van der Waals surface area (Å²) in [6.45, 7) is 5.24. The number of benzene rings is 1. The monoisotopic (exact) mass is 324 g/mol. The predicted molar refractivity (Wildman–Crippen MR) is 84.3 cm³/mol. The Bertz CT molecular complexity index is 564. The summed E-state index contributed by atoms with van der Waals surface area (Å²) in [5.74, 6) is -1.50. The molecule has 1 aromatic carbocycles.